The summed E-state index contributed by atoms with van der Waals surface area (Å²) in [6.07, 6.45) is 3.66. The minimum Gasteiger partial charge on any atom is -0.354 e. The number of amides is 1. The maximum absolute atomic E-state index is 12.3. The molecule has 0 aliphatic carbocycles. The van der Waals surface area contributed by atoms with Gasteiger partial charge in [0.15, 0.2) is 0 Å². The smallest absolute Gasteiger partial charge is 0.237 e. The lowest BCUT2D eigenvalue weighted by molar-refractivity contribution is -0.127. The van der Waals surface area contributed by atoms with Gasteiger partial charge in [0.05, 0.1) is 6.04 Å². The first kappa shape index (κ1) is 18.4. The SMILES string of the molecule is CC(C)CNC(=O)C(C)N1CCCCC1CNC(C)(C)C. The molecular formula is C17H35N3O. The fourth-order valence-electron chi connectivity index (χ4n) is 2.78. The second kappa shape index (κ2) is 8.14. The van der Waals surface area contributed by atoms with Gasteiger partial charge < -0.3 is 10.6 Å². The molecule has 2 atom stereocenters. The zero-order valence-corrected chi connectivity index (χ0v) is 14.8. The maximum Gasteiger partial charge on any atom is 0.237 e. The van der Waals surface area contributed by atoms with E-state index in [0.29, 0.717) is 12.0 Å². The molecule has 1 rings (SSSR count). The molecule has 0 aromatic heterocycles. The van der Waals surface area contributed by atoms with E-state index in [-0.39, 0.29) is 17.5 Å². The molecule has 21 heavy (non-hydrogen) atoms. The van der Waals surface area contributed by atoms with E-state index in [0.717, 1.165) is 19.6 Å². The number of nitrogens with zero attached hydrogens (tertiary/aromatic N) is 1. The molecule has 1 aliphatic rings. The van der Waals surface area contributed by atoms with Crippen LogP contribution in [0.25, 0.3) is 0 Å². The van der Waals surface area contributed by atoms with Crippen LogP contribution in [0.1, 0.15) is 60.8 Å². The molecule has 2 N–H and O–H groups in total. The first-order valence-corrected chi connectivity index (χ1v) is 8.49. The summed E-state index contributed by atoms with van der Waals surface area (Å²) in [6.45, 7) is 15.6. The lowest BCUT2D eigenvalue weighted by atomic mass is 9.98. The van der Waals surface area contributed by atoms with E-state index in [1.54, 1.807) is 0 Å². The molecule has 1 aliphatic heterocycles. The number of likely N-dealkylation sites (tertiary alicyclic amines) is 1. The summed E-state index contributed by atoms with van der Waals surface area (Å²) in [4.78, 5) is 14.7. The van der Waals surface area contributed by atoms with Crippen LogP contribution in [0.3, 0.4) is 0 Å². The lowest BCUT2D eigenvalue weighted by Crippen LogP contribution is -2.56. The van der Waals surface area contributed by atoms with Crippen molar-refractivity contribution < 1.29 is 4.79 Å². The van der Waals surface area contributed by atoms with Gasteiger partial charge in [-0.05, 0) is 53.0 Å². The van der Waals surface area contributed by atoms with Crippen molar-refractivity contribution in [3.05, 3.63) is 0 Å². The predicted octanol–water partition coefficient (Wildman–Crippen LogP) is 2.39. The van der Waals surface area contributed by atoms with Crippen LogP contribution in [0.2, 0.25) is 0 Å². The number of hydrogen-bond acceptors (Lipinski definition) is 3. The molecule has 4 heteroatoms. The fourth-order valence-corrected chi connectivity index (χ4v) is 2.78. The highest BCUT2D eigenvalue weighted by atomic mass is 16.2. The van der Waals surface area contributed by atoms with Gasteiger partial charge in [0.25, 0.3) is 0 Å². The van der Waals surface area contributed by atoms with E-state index >= 15 is 0 Å². The molecular weight excluding hydrogens is 262 g/mol. The number of hydrogen-bond donors (Lipinski definition) is 2. The Balaban J connectivity index is 2.56. The van der Waals surface area contributed by atoms with E-state index in [1.807, 2.05) is 6.92 Å². The van der Waals surface area contributed by atoms with Crippen LogP contribution in [-0.4, -0.2) is 48.1 Å². The predicted molar refractivity (Wildman–Crippen MR) is 89.4 cm³/mol. The molecule has 0 aromatic rings. The molecule has 0 aromatic carbocycles. The van der Waals surface area contributed by atoms with Crippen molar-refractivity contribution in [3.63, 3.8) is 0 Å². The van der Waals surface area contributed by atoms with E-state index in [1.165, 1.54) is 19.3 Å². The van der Waals surface area contributed by atoms with Gasteiger partial charge in [0, 0.05) is 24.7 Å². The summed E-state index contributed by atoms with van der Waals surface area (Å²) < 4.78 is 0. The van der Waals surface area contributed by atoms with Crippen LogP contribution in [-0.2, 0) is 4.79 Å². The third-order valence-corrected chi connectivity index (χ3v) is 4.10. The summed E-state index contributed by atoms with van der Waals surface area (Å²) in [5.74, 6) is 0.673. The topological polar surface area (TPSA) is 44.4 Å². The Kier molecular flexibility index (Phi) is 7.14. The molecule has 0 saturated carbocycles. The Bertz CT molecular complexity index is 322. The summed E-state index contributed by atoms with van der Waals surface area (Å²) in [7, 11) is 0. The summed E-state index contributed by atoms with van der Waals surface area (Å²) in [6, 6.07) is 0.439. The molecule has 0 radical (unpaired) electrons. The highest BCUT2D eigenvalue weighted by Gasteiger charge is 2.30. The van der Waals surface area contributed by atoms with Crippen LogP contribution in [0.15, 0.2) is 0 Å². The number of piperidine rings is 1. The largest absolute Gasteiger partial charge is 0.354 e. The Labute approximate surface area is 131 Å². The molecule has 124 valence electrons. The average Bonchev–Trinajstić information content (AvgIpc) is 2.41. The Morgan fingerprint density at radius 1 is 1.24 bits per heavy atom. The van der Waals surface area contributed by atoms with E-state index < -0.39 is 0 Å². The molecule has 0 bridgehead atoms. The standard InChI is InChI=1S/C17H35N3O/c1-13(2)11-18-16(21)14(3)20-10-8-7-9-15(20)12-19-17(4,5)6/h13-15,19H,7-12H2,1-6H3,(H,18,21). The van der Waals surface area contributed by atoms with Gasteiger partial charge in [0.1, 0.15) is 0 Å². The minimum atomic E-state index is -0.0316. The van der Waals surface area contributed by atoms with E-state index in [4.69, 9.17) is 0 Å². The van der Waals surface area contributed by atoms with Gasteiger partial charge in [-0.1, -0.05) is 20.3 Å². The van der Waals surface area contributed by atoms with Crippen molar-refractivity contribution in [2.75, 3.05) is 19.6 Å². The monoisotopic (exact) mass is 297 g/mol. The molecule has 1 saturated heterocycles. The molecule has 4 nitrogen and oxygen atoms in total. The van der Waals surface area contributed by atoms with Gasteiger partial charge in [-0.15, -0.1) is 0 Å². The lowest BCUT2D eigenvalue weighted by Gasteiger charge is -2.40. The second-order valence-corrected chi connectivity index (χ2v) is 7.83. The van der Waals surface area contributed by atoms with Gasteiger partial charge >= 0.3 is 0 Å². The van der Waals surface area contributed by atoms with Crippen molar-refractivity contribution >= 4 is 5.91 Å². The van der Waals surface area contributed by atoms with Crippen LogP contribution < -0.4 is 10.6 Å². The number of nitrogens with one attached hydrogen (secondary N) is 2. The van der Waals surface area contributed by atoms with Gasteiger partial charge in [-0.3, -0.25) is 9.69 Å². The van der Waals surface area contributed by atoms with Gasteiger partial charge in [0.2, 0.25) is 5.91 Å². The molecule has 1 amide bonds. The maximum atomic E-state index is 12.3. The number of carbonyl (C=O) groups is 1. The molecule has 0 spiro atoms. The normalized spacial score (nSPS) is 22.3. The van der Waals surface area contributed by atoms with Crippen molar-refractivity contribution in [2.45, 2.75) is 78.4 Å². The Morgan fingerprint density at radius 3 is 2.48 bits per heavy atom. The van der Waals surface area contributed by atoms with Crippen LogP contribution >= 0.6 is 0 Å². The first-order chi connectivity index (χ1) is 9.70. The highest BCUT2D eigenvalue weighted by Crippen LogP contribution is 2.20. The Hall–Kier alpha value is -0.610. The summed E-state index contributed by atoms with van der Waals surface area (Å²) >= 11 is 0. The molecule has 1 heterocycles. The quantitative estimate of drug-likeness (QED) is 0.791. The molecule has 2 unspecified atom stereocenters. The Morgan fingerprint density at radius 2 is 1.90 bits per heavy atom. The third-order valence-electron chi connectivity index (χ3n) is 4.10. The van der Waals surface area contributed by atoms with E-state index in [2.05, 4.69) is 50.2 Å². The van der Waals surface area contributed by atoms with Crippen molar-refractivity contribution in [1.82, 2.24) is 15.5 Å². The highest BCUT2D eigenvalue weighted by molar-refractivity contribution is 5.81. The zero-order valence-electron chi connectivity index (χ0n) is 14.8. The summed E-state index contributed by atoms with van der Waals surface area (Å²) in [5.41, 5.74) is 0.131. The molecule has 1 fully saturated rings. The zero-order chi connectivity index (χ0) is 16.0. The van der Waals surface area contributed by atoms with Crippen LogP contribution in [0, 0.1) is 5.92 Å². The fraction of sp³-hybridized carbons (Fsp3) is 0.941. The van der Waals surface area contributed by atoms with Crippen LogP contribution in [0.4, 0.5) is 0 Å². The van der Waals surface area contributed by atoms with Crippen LogP contribution in [0.5, 0.6) is 0 Å². The van der Waals surface area contributed by atoms with Crippen molar-refractivity contribution in [3.8, 4) is 0 Å². The second-order valence-electron chi connectivity index (χ2n) is 7.83. The number of rotatable bonds is 6. The van der Waals surface area contributed by atoms with E-state index in [9.17, 15) is 4.79 Å². The van der Waals surface area contributed by atoms with Crippen molar-refractivity contribution in [2.24, 2.45) is 5.92 Å². The average molecular weight is 297 g/mol. The summed E-state index contributed by atoms with van der Waals surface area (Å²) in [5, 5.41) is 6.66. The minimum absolute atomic E-state index is 0.0316. The number of carbonyl (C=O) groups excluding carboxylic acids is 1. The van der Waals surface area contributed by atoms with Gasteiger partial charge in [-0.2, -0.15) is 0 Å². The first-order valence-electron chi connectivity index (χ1n) is 8.49. The van der Waals surface area contributed by atoms with Gasteiger partial charge in [-0.25, -0.2) is 0 Å². The van der Waals surface area contributed by atoms with Crippen molar-refractivity contribution in [1.29, 1.82) is 0 Å². The third kappa shape index (κ3) is 6.79.